The molecule has 12 heteroatoms. The Balaban J connectivity index is 1.89. The first-order valence-corrected chi connectivity index (χ1v) is 9.10. The van der Waals surface area contributed by atoms with E-state index in [1.54, 1.807) is 0 Å². The molecule has 32 heavy (non-hydrogen) atoms. The molecule has 0 unspecified atom stereocenters. The molecule has 1 aromatic heterocycles. The number of halogens is 2. The molecule has 1 heterocycles. The summed E-state index contributed by atoms with van der Waals surface area (Å²) < 4.78 is 33.9. The number of non-ortho nitro benzene ring substituents is 1. The molecule has 3 rings (SSSR count). The number of hydrogen-bond donors (Lipinski definition) is 1. The van der Waals surface area contributed by atoms with E-state index in [1.165, 1.54) is 31.4 Å². The van der Waals surface area contributed by atoms with Gasteiger partial charge in [0.05, 0.1) is 29.9 Å². The fourth-order valence-electron chi connectivity index (χ4n) is 2.61. The van der Waals surface area contributed by atoms with Gasteiger partial charge in [-0.05, 0) is 24.3 Å². The van der Waals surface area contributed by atoms with Crippen molar-refractivity contribution in [2.45, 2.75) is 0 Å². The molecule has 0 bridgehead atoms. The van der Waals surface area contributed by atoms with Crippen LogP contribution in [0.5, 0.6) is 11.5 Å². The summed E-state index contributed by atoms with van der Waals surface area (Å²) in [5, 5.41) is 13.0. The fraction of sp³-hybridized carbons (Fsp3) is 0.100. The molecule has 0 aliphatic rings. The van der Waals surface area contributed by atoms with Crippen LogP contribution in [0.3, 0.4) is 0 Å². The number of esters is 1. The van der Waals surface area contributed by atoms with Crippen molar-refractivity contribution in [3.05, 3.63) is 69.2 Å². The lowest BCUT2D eigenvalue weighted by Gasteiger charge is -2.06. The van der Waals surface area contributed by atoms with Crippen LogP contribution in [0.1, 0.15) is 10.6 Å². The standard InChI is InChI=1S/C20H14ClFN2O8/c1-29-17-7-12(13(21)8-14(17)22)16-9-15(18(32-16)19(25)30-2)23-20(26)31-11-5-3-10(4-6-11)24(27)28/h3-9H,1-2H3,(H,23,26). The Bertz CT molecular complexity index is 1190. The van der Waals surface area contributed by atoms with E-state index in [1.807, 2.05) is 0 Å². The largest absolute Gasteiger partial charge is 0.494 e. The zero-order chi connectivity index (χ0) is 23.4. The van der Waals surface area contributed by atoms with Gasteiger partial charge in [0.2, 0.25) is 5.76 Å². The van der Waals surface area contributed by atoms with Crippen molar-refractivity contribution in [2.75, 3.05) is 19.5 Å². The number of benzene rings is 2. The molecule has 166 valence electrons. The van der Waals surface area contributed by atoms with Crippen LogP contribution < -0.4 is 14.8 Å². The van der Waals surface area contributed by atoms with E-state index in [0.717, 1.165) is 25.3 Å². The molecule has 0 radical (unpaired) electrons. The maximum absolute atomic E-state index is 13.8. The van der Waals surface area contributed by atoms with E-state index >= 15 is 0 Å². The summed E-state index contributed by atoms with van der Waals surface area (Å²) in [7, 11) is 2.37. The Morgan fingerprint density at radius 2 is 1.84 bits per heavy atom. The molecule has 0 atom stereocenters. The molecule has 1 N–H and O–H groups in total. The van der Waals surface area contributed by atoms with E-state index in [4.69, 9.17) is 25.5 Å². The topological polar surface area (TPSA) is 130 Å². The SMILES string of the molecule is COC(=O)c1oc(-c2cc(OC)c(F)cc2Cl)cc1NC(=O)Oc1ccc([N+](=O)[O-])cc1. The smallest absolute Gasteiger partial charge is 0.417 e. The number of hydrogen-bond acceptors (Lipinski definition) is 8. The highest BCUT2D eigenvalue weighted by molar-refractivity contribution is 6.33. The second kappa shape index (κ2) is 9.35. The molecule has 0 spiro atoms. The summed E-state index contributed by atoms with van der Waals surface area (Å²) >= 11 is 6.08. The monoisotopic (exact) mass is 464 g/mol. The van der Waals surface area contributed by atoms with Crippen molar-refractivity contribution >= 4 is 35.0 Å². The number of nitro benzene ring substituents is 1. The van der Waals surface area contributed by atoms with Gasteiger partial charge in [0.25, 0.3) is 5.69 Å². The number of ether oxygens (including phenoxy) is 3. The number of furan rings is 1. The average molecular weight is 465 g/mol. The third-order valence-corrected chi connectivity index (χ3v) is 4.42. The summed E-state index contributed by atoms with van der Waals surface area (Å²) in [6.45, 7) is 0. The Morgan fingerprint density at radius 1 is 1.16 bits per heavy atom. The van der Waals surface area contributed by atoms with Crippen molar-refractivity contribution < 1.29 is 37.5 Å². The van der Waals surface area contributed by atoms with Crippen LogP contribution in [-0.2, 0) is 4.74 Å². The Kier molecular flexibility index (Phi) is 6.59. The third kappa shape index (κ3) is 4.78. The van der Waals surface area contributed by atoms with E-state index < -0.39 is 22.8 Å². The van der Waals surface area contributed by atoms with Crippen molar-refractivity contribution in [1.29, 1.82) is 0 Å². The van der Waals surface area contributed by atoms with Gasteiger partial charge < -0.3 is 18.6 Å². The van der Waals surface area contributed by atoms with Crippen molar-refractivity contribution in [1.82, 2.24) is 0 Å². The minimum absolute atomic E-state index is 0.0133. The maximum Gasteiger partial charge on any atom is 0.417 e. The van der Waals surface area contributed by atoms with Crippen molar-refractivity contribution in [2.24, 2.45) is 0 Å². The summed E-state index contributed by atoms with van der Waals surface area (Å²) in [5.41, 5.74) is -0.109. The van der Waals surface area contributed by atoms with Gasteiger partial charge in [-0.15, -0.1) is 0 Å². The number of anilines is 1. The summed E-state index contributed by atoms with van der Waals surface area (Å²) in [4.78, 5) is 34.5. The van der Waals surface area contributed by atoms with E-state index in [0.29, 0.717) is 0 Å². The molecule has 3 aromatic rings. The molecule has 0 saturated heterocycles. The molecule has 0 fully saturated rings. The molecular formula is C20H14ClFN2O8. The quantitative estimate of drug-likeness (QED) is 0.304. The highest BCUT2D eigenvalue weighted by atomic mass is 35.5. The number of nitro groups is 1. The minimum atomic E-state index is -1.01. The van der Waals surface area contributed by atoms with Gasteiger partial charge in [-0.2, -0.15) is 0 Å². The third-order valence-electron chi connectivity index (χ3n) is 4.10. The summed E-state index contributed by atoms with van der Waals surface area (Å²) in [5.74, 6) is -2.07. The van der Waals surface area contributed by atoms with Crippen molar-refractivity contribution in [3.8, 4) is 22.8 Å². The van der Waals surface area contributed by atoms with Gasteiger partial charge in [-0.3, -0.25) is 15.4 Å². The predicted molar refractivity (Wildman–Crippen MR) is 110 cm³/mol. The van der Waals surface area contributed by atoms with Crippen LogP contribution in [0.25, 0.3) is 11.3 Å². The molecular weight excluding hydrogens is 451 g/mol. The Hall–Kier alpha value is -4.12. The predicted octanol–water partition coefficient (Wildman–Crippen LogP) is 5.05. The zero-order valence-corrected chi connectivity index (χ0v) is 17.3. The first-order chi connectivity index (χ1) is 15.2. The van der Waals surface area contributed by atoms with Crippen molar-refractivity contribution in [3.63, 3.8) is 0 Å². The van der Waals surface area contributed by atoms with Gasteiger partial charge in [0.1, 0.15) is 11.5 Å². The number of carbonyl (C=O) groups is 2. The van der Waals surface area contributed by atoms with Gasteiger partial charge in [-0.25, -0.2) is 14.0 Å². The van der Waals surface area contributed by atoms with Gasteiger partial charge in [0, 0.05) is 23.8 Å². The van der Waals surface area contributed by atoms with Gasteiger partial charge in [-0.1, -0.05) is 11.6 Å². The molecule has 1 amide bonds. The number of nitrogens with one attached hydrogen (secondary N) is 1. The second-order valence-electron chi connectivity index (χ2n) is 6.08. The summed E-state index contributed by atoms with van der Waals surface area (Å²) in [6.07, 6.45) is -1.01. The number of nitrogens with zero attached hydrogens (tertiary/aromatic N) is 1. The molecule has 0 aliphatic heterocycles. The first kappa shape index (κ1) is 22.6. The van der Waals surface area contributed by atoms with Gasteiger partial charge in [0.15, 0.2) is 11.6 Å². The lowest BCUT2D eigenvalue weighted by atomic mass is 10.1. The normalized spacial score (nSPS) is 10.4. The average Bonchev–Trinajstić information content (AvgIpc) is 3.16. The number of methoxy groups -OCH3 is 2. The highest BCUT2D eigenvalue weighted by Crippen LogP contribution is 2.37. The van der Waals surface area contributed by atoms with Crippen LogP contribution in [-0.4, -0.2) is 31.2 Å². The number of rotatable bonds is 6. The minimum Gasteiger partial charge on any atom is -0.494 e. The van der Waals surface area contributed by atoms with Crippen LogP contribution >= 0.6 is 11.6 Å². The highest BCUT2D eigenvalue weighted by Gasteiger charge is 2.24. The van der Waals surface area contributed by atoms with E-state index in [9.17, 15) is 24.1 Å². The Labute approximate surface area is 184 Å². The zero-order valence-electron chi connectivity index (χ0n) is 16.5. The number of carbonyl (C=O) groups excluding carboxylic acids is 2. The summed E-state index contributed by atoms with van der Waals surface area (Å²) in [6, 6.07) is 8.30. The maximum atomic E-state index is 13.8. The molecule has 0 aliphatic carbocycles. The molecule has 0 saturated carbocycles. The van der Waals surface area contributed by atoms with Crippen LogP contribution in [0.4, 0.5) is 20.6 Å². The van der Waals surface area contributed by atoms with E-state index in [-0.39, 0.29) is 45.0 Å². The molecule has 2 aromatic carbocycles. The van der Waals surface area contributed by atoms with Gasteiger partial charge >= 0.3 is 12.1 Å². The van der Waals surface area contributed by atoms with Crippen LogP contribution in [0.2, 0.25) is 5.02 Å². The van der Waals surface area contributed by atoms with Crippen LogP contribution in [0, 0.1) is 15.9 Å². The fourth-order valence-corrected chi connectivity index (χ4v) is 2.86. The van der Waals surface area contributed by atoms with E-state index in [2.05, 4.69) is 10.1 Å². The Morgan fingerprint density at radius 3 is 2.44 bits per heavy atom. The first-order valence-electron chi connectivity index (χ1n) is 8.72. The molecule has 10 nitrogen and oxygen atoms in total. The lowest BCUT2D eigenvalue weighted by Crippen LogP contribution is -2.18. The van der Waals surface area contributed by atoms with Crippen LogP contribution in [0.15, 0.2) is 46.9 Å². The second-order valence-corrected chi connectivity index (χ2v) is 6.48. The number of amides is 1. The lowest BCUT2D eigenvalue weighted by molar-refractivity contribution is -0.384.